The Bertz CT molecular complexity index is 801. The van der Waals surface area contributed by atoms with Crippen LogP contribution in [0, 0.1) is 5.92 Å². The summed E-state index contributed by atoms with van der Waals surface area (Å²) in [6.45, 7) is 2.79. The molecule has 2 aliphatic heterocycles. The number of quaternary nitrogens is 1. The molecule has 1 amide bonds. The lowest BCUT2D eigenvalue weighted by Gasteiger charge is -2.40. The van der Waals surface area contributed by atoms with Crippen molar-refractivity contribution in [1.82, 2.24) is 4.31 Å². The molecule has 1 unspecified atom stereocenters. The molecule has 7 heteroatoms. The van der Waals surface area contributed by atoms with Crippen molar-refractivity contribution < 1.29 is 18.1 Å². The van der Waals surface area contributed by atoms with Gasteiger partial charge in [-0.25, -0.2) is 8.42 Å². The van der Waals surface area contributed by atoms with Crippen LogP contribution in [0.25, 0.3) is 0 Å². The Morgan fingerprint density at radius 1 is 0.966 bits per heavy atom. The first-order valence-electron chi connectivity index (χ1n) is 11.3. The second kappa shape index (κ2) is 9.14. The number of fused-ring (bicyclic) bond motifs is 1. The zero-order valence-electron chi connectivity index (χ0n) is 17.2. The standard InChI is InChI=1S/C22H33N3O3S/c26-22(17-24-14-6-8-18-7-2-3-9-21(18)24)23-19-10-12-20(13-11-19)29(27,28)25-15-4-1-5-16-25/h10-13,18,21H,1-9,14-17H2,(H,23,26)/p+1/t18-,21-/m0/s1. The van der Waals surface area contributed by atoms with Gasteiger partial charge in [0.2, 0.25) is 10.0 Å². The van der Waals surface area contributed by atoms with Gasteiger partial charge in [-0.1, -0.05) is 12.8 Å². The fraction of sp³-hybridized carbons (Fsp3) is 0.682. The first kappa shape index (κ1) is 20.8. The molecule has 2 heterocycles. The molecule has 29 heavy (non-hydrogen) atoms. The van der Waals surface area contributed by atoms with Crippen LogP contribution < -0.4 is 10.2 Å². The maximum Gasteiger partial charge on any atom is 0.279 e. The third-order valence-electron chi connectivity index (χ3n) is 6.98. The number of nitrogens with zero attached hydrogens (tertiary/aromatic N) is 1. The van der Waals surface area contributed by atoms with Crippen LogP contribution in [0.1, 0.15) is 57.8 Å². The van der Waals surface area contributed by atoms with E-state index in [1.807, 2.05) is 0 Å². The van der Waals surface area contributed by atoms with E-state index in [0.29, 0.717) is 36.3 Å². The number of hydrogen-bond donors (Lipinski definition) is 2. The van der Waals surface area contributed by atoms with E-state index >= 15 is 0 Å². The molecule has 1 aromatic carbocycles. The molecule has 160 valence electrons. The minimum Gasteiger partial charge on any atom is -0.324 e. The van der Waals surface area contributed by atoms with Crippen molar-refractivity contribution >= 4 is 21.6 Å². The van der Waals surface area contributed by atoms with Crippen LogP contribution in [-0.4, -0.2) is 50.9 Å². The fourth-order valence-corrected chi connectivity index (χ4v) is 6.98. The monoisotopic (exact) mass is 420 g/mol. The van der Waals surface area contributed by atoms with Crippen LogP contribution in [-0.2, 0) is 14.8 Å². The number of hydrogen-bond acceptors (Lipinski definition) is 3. The SMILES string of the molecule is O=C(C[NH+]1CCC[C@@H]2CCCC[C@@H]21)Nc1ccc(S(=O)(=O)N2CCCCC2)cc1. The van der Waals surface area contributed by atoms with Crippen LogP contribution in [0.4, 0.5) is 5.69 Å². The summed E-state index contributed by atoms with van der Waals surface area (Å²) in [4.78, 5) is 14.4. The molecule has 6 nitrogen and oxygen atoms in total. The van der Waals surface area contributed by atoms with Crippen LogP contribution in [0.3, 0.4) is 0 Å². The topological polar surface area (TPSA) is 70.9 Å². The number of carbonyl (C=O) groups is 1. The van der Waals surface area contributed by atoms with Crippen molar-refractivity contribution in [3.8, 4) is 0 Å². The van der Waals surface area contributed by atoms with E-state index in [-0.39, 0.29) is 5.91 Å². The van der Waals surface area contributed by atoms with Gasteiger partial charge in [-0.05, 0) is 69.2 Å². The second-order valence-corrected chi connectivity index (χ2v) is 10.9. The number of likely N-dealkylation sites (tertiary alicyclic amines) is 1. The summed E-state index contributed by atoms with van der Waals surface area (Å²) >= 11 is 0. The molecule has 0 radical (unpaired) electrons. The summed E-state index contributed by atoms with van der Waals surface area (Å²) in [7, 11) is -3.43. The molecular weight excluding hydrogens is 386 g/mol. The highest BCUT2D eigenvalue weighted by molar-refractivity contribution is 7.89. The third-order valence-corrected chi connectivity index (χ3v) is 8.90. The van der Waals surface area contributed by atoms with E-state index in [4.69, 9.17) is 0 Å². The number of piperidine rings is 2. The van der Waals surface area contributed by atoms with Crippen molar-refractivity contribution in [2.24, 2.45) is 5.92 Å². The zero-order valence-corrected chi connectivity index (χ0v) is 18.1. The van der Waals surface area contributed by atoms with Crippen molar-refractivity contribution in [2.75, 3.05) is 31.5 Å². The average Bonchev–Trinajstić information content (AvgIpc) is 2.75. The summed E-state index contributed by atoms with van der Waals surface area (Å²) < 4.78 is 27.1. The fourth-order valence-electron chi connectivity index (χ4n) is 5.46. The molecule has 3 atom stereocenters. The van der Waals surface area contributed by atoms with Crippen LogP contribution in [0.2, 0.25) is 0 Å². The Morgan fingerprint density at radius 2 is 1.66 bits per heavy atom. The quantitative estimate of drug-likeness (QED) is 0.766. The average molecular weight is 421 g/mol. The van der Waals surface area contributed by atoms with Crippen LogP contribution >= 0.6 is 0 Å². The first-order valence-corrected chi connectivity index (χ1v) is 12.7. The van der Waals surface area contributed by atoms with Gasteiger partial charge >= 0.3 is 0 Å². The van der Waals surface area contributed by atoms with Gasteiger partial charge in [0, 0.05) is 24.7 Å². The maximum atomic E-state index is 12.8. The van der Waals surface area contributed by atoms with Crippen LogP contribution in [0.15, 0.2) is 29.2 Å². The number of amides is 1. The smallest absolute Gasteiger partial charge is 0.279 e. The number of benzene rings is 1. The van der Waals surface area contributed by atoms with E-state index in [1.165, 1.54) is 43.4 Å². The predicted octanol–water partition coefficient (Wildman–Crippen LogP) is 2.04. The van der Waals surface area contributed by atoms with Crippen molar-refractivity contribution in [3.05, 3.63) is 24.3 Å². The number of nitrogens with one attached hydrogen (secondary N) is 2. The maximum absolute atomic E-state index is 12.8. The molecule has 1 saturated carbocycles. The van der Waals surface area contributed by atoms with E-state index in [2.05, 4.69) is 5.32 Å². The first-order chi connectivity index (χ1) is 14.0. The third kappa shape index (κ3) is 4.84. The molecule has 0 spiro atoms. The van der Waals surface area contributed by atoms with Gasteiger partial charge in [-0.2, -0.15) is 4.31 Å². The van der Waals surface area contributed by atoms with Crippen molar-refractivity contribution in [2.45, 2.75) is 68.7 Å². The lowest BCUT2D eigenvalue weighted by atomic mass is 9.78. The summed E-state index contributed by atoms with van der Waals surface area (Å²) in [5.41, 5.74) is 0.671. The Balaban J connectivity index is 1.35. The van der Waals surface area contributed by atoms with Gasteiger partial charge in [0.05, 0.1) is 17.5 Å². The number of sulfonamides is 1. The van der Waals surface area contributed by atoms with Gasteiger partial charge in [0.15, 0.2) is 6.54 Å². The molecular formula is C22H34N3O3S+. The summed E-state index contributed by atoms with van der Waals surface area (Å²) in [6, 6.07) is 7.29. The molecule has 1 aromatic rings. The van der Waals surface area contributed by atoms with Crippen LogP contribution in [0.5, 0.6) is 0 Å². The van der Waals surface area contributed by atoms with E-state index in [1.54, 1.807) is 28.6 Å². The molecule has 0 bridgehead atoms. The zero-order chi connectivity index (χ0) is 20.3. The Morgan fingerprint density at radius 3 is 2.41 bits per heavy atom. The van der Waals surface area contributed by atoms with Gasteiger partial charge in [-0.3, -0.25) is 4.79 Å². The molecule has 1 aliphatic carbocycles. The van der Waals surface area contributed by atoms with E-state index < -0.39 is 10.0 Å². The lowest BCUT2D eigenvalue weighted by molar-refractivity contribution is -0.928. The highest BCUT2D eigenvalue weighted by atomic mass is 32.2. The largest absolute Gasteiger partial charge is 0.324 e. The lowest BCUT2D eigenvalue weighted by Crippen LogP contribution is -3.18. The Labute approximate surface area is 174 Å². The molecule has 2 N–H and O–H groups in total. The van der Waals surface area contributed by atoms with Crippen molar-refractivity contribution in [3.63, 3.8) is 0 Å². The number of rotatable bonds is 5. The minimum absolute atomic E-state index is 0.0258. The van der Waals surface area contributed by atoms with Gasteiger partial charge < -0.3 is 10.2 Å². The van der Waals surface area contributed by atoms with Crippen molar-refractivity contribution in [1.29, 1.82) is 0 Å². The van der Waals surface area contributed by atoms with E-state index in [9.17, 15) is 13.2 Å². The minimum atomic E-state index is -3.43. The molecule has 0 aromatic heterocycles. The molecule has 2 saturated heterocycles. The van der Waals surface area contributed by atoms with E-state index in [0.717, 1.165) is 31.7 Å². The highest BCUT2D eigenvalue weighted by Gasteiger charge is 2.37. The normalized spacial score (nSPS) is 28.5. The molecule has 3 fully saturated rings. The van der Waals surface area contributed by atoms with Gasteiger partial charge in [-0.15, -0.1) is 0 Å². The number of anilines is 1. The Kier molecular flexibility index (Phi) is 6.56. The molecule has 3 aliphatic rings. The predicted molar refractivity (Wildman–Crippen MR) is 113 cm³/mol. The highest BCUT2D eigenvalue weighted by Crippen LogP contribution is 2.28. The van der Waals surface area contributed by atoms with Gasteiger partial charge in [0.1, 0.15) is 0 Å². The second-order valence-electron chi connectivity index (χ2n) is 8.92. The molecule has 4 rings (SSSR count). The summed E-state index contributed by atoms with van der Waals surface area (Å²) in [6.07, 6.45) is 10.7. The summed E-state index contributed by atoms with van der Waals surface area (Å²) in [5, 5.41) is 2.97. The number of carbonyl (C=O) groups excluding carboxylic acids is 1. The summed E-state index contributed by atoms with van der Waals surface area (Å²) in [5.74, 6) is 0.817. The Hall–Kier alpha value is -1.44. The van der Waals surface area contributed by atoms with Gasteiger partial charge in [0.25, 0.3) is 5.91 Å².